The van der Waals surface area contributed by atoms with Gasteiger partial charge in [-0.25, -0.2) is 31.7 Å². The van der Waals surface area contributed by atoms with E-state index < -0.39 is 51.1 Å². The highest BCUT2D eigenvalue weighted by Gasteiger charge is 2.38. The number of carbonyl (C=O) groups is 6. The molecule has 0 radical (unpaired) electrons. The van der Waals surface area contributed by atoms with Crippen molar-refractivity contribution >= 4 is 120 Å². The predicted octanol–water partition coefficient (Wildman–Crippen LogP) is 17.6. The van der Waals surface area contributed by atoms with E-state index in [2.05, 4.69) is 60.7 Å². The highest BCUT2D eigenvalue weighted by molar-refractivity contribution is 7.87. The Morgan fingerprint density at radius 2 is 0.693 bits per heavy atom. The maximum absolute atomic E-state index is 14.7. The minimum absolute atomic E-state index is 0. The van der Waals surface area contributed by atoms with Gasteiger partial charge in [0.25, 0.3) is 35.4 Å². The van der Waals surface area contributed by atoms with Gasteiger partial charge in [-0.15, -0.1) is 0 Å². The van der Waals surface area contributed by atoms with Gasteiger partial charge in [0.2, 0.25) is 0 Å². The van der Waals surface area contributed by atoms with Gasteiger partial charge < -0.3 is 75.2 Å². The number of halogens is 3. The Kier molecular flexibility index (Phi) is 43.6. The van der Waals surface area contributed by atoms with Gasteiger partial charge in [-0.1, -0.05) is 212 Å². The Labute approximate surface area is 899 Å². The molecule has 3 unspecified atom stereocenters. The van der Waals surface area contributed by atoms with Gasteiger partial charge in [-0.2, -0.15) is 15.3 Å². The lowest BCUT2D eigenvalue weighted by molar-refractivity contribution is 0.0539. The smallest absolute Gasteiger partial charge is 0.274 e. The van der Waals surface area contributed by atoms with Crippen molar-refractivity contribution in [1.29, 1.82) is 0 Å². The third-order valence-electron chi connectivity index (χ3n) is 26.5. The average molecular weight is 2160 g/mol. The Morgan fingerprint density at radius 3 is 1.01 bits per heavy atom. The van der Waals surface area contributed by atoms with Gasteiger partial charge in [0.1, 0.15) is 11.0 Å². The fraction of sp³-hybridized carbons (Fsp3) is 0.357. The topological polar surface area (TPSA) is 436 Å². The van der Waals surface area contributed by atoms with Crippen molar-refractivity contribution in [3.63, 3.8) is 0 Å². The molecule has 9 aromatic carbocycles. The lowest BCUT2D eigenvalue weighted by Gasteiger charge is -2.36. The van der Waals surface area contributed by atoms with E-state index in [0.717, 1.165) is 122 Å². The first-order chi connectivity index (χ1) is 71.1. The Hall–Kier alpha value is -12.9. The molecule has 16 rings (SSSR count). The Morgan fingerprint density at radius 1 is 0.380 bits per heavy atom. The maximum atomic E-state index is 14.7. The van der Waals surface area contributed by atoms with Crippen LogP contribution in [0.2, 0.25) is 15.1 Å². The van der Waals surface area contributed by atoms with Crippen molar-refractivity contribution in [2.24, 2.45) is 7.05 Å². The summed E-state index contributed by atoms with van der Waals surface area (Å²) in [5.41, 5.74) is 14.8. The summed E-state index contributed by atoms with van der Waals surface area (Å²) in [6.45, 7) is 22.5. The molecule has 150 heavy (non-hydrogen) atoms. The summed E-state index contributed by atoms with van der Waals surface area (Å²) in [5.74, 6) is -1.33. The second-order valence-electron chi connectivity index (χ2n) is 37.3. The van der Waals surface area contributed by atoms with Crippen LogP contribution in [0.4, 0.5) is 17.1 Å². The largest absolute Gasteiger partial charge is 0.412 e. The number of aliphatic hydroxyl groups excluding tert-OH is 3. The van der Waals surface area contributed by atoms with Crippen molar-refractivity contribution in [3.05, 3.63) is 324 Å². The second-order valence-corrected chi connectivity index (χ2v) is 42.1. The number of amides is 6. The number of benzene rings is 9. The molecular formula is C112H136Cl3N17O15S3. The summed E-state index contributed by atoms with van der Waals surface area (Å²) in [6, 6.07) is 62.6. The van der Waals surface area contributed by atoms with Crippen LogP contribution in [0.1, 0.15) is 232 Å². The number of nitrogens with zero attached hydrogens (tertiary/aromatic N) is 14. The van der Waals surface area contributed by atoms with Gasteiger partial charge >= 0.3 is 0 Å². The number of aliphatic hydroxyl groups is 3. The number of fused-ring (bicyclic) bond motifs is 3. The molecule has 0 bridgehead atoms. The minimum Gasteiger partial charge on any atom is -0.412 e. The summed E-state index contributed by atoms with van der Waals surface area (Å²) >= 11 is 18.7. The molecule has 13 aromatic rings. The maximum Gasteiger partial charge on any atom is 0.274 e. The predicted molar refractivity (Wildman–Crippen MR) is 592 cm³/mol. The first kappa shape index (κ1) is 117. The number of hydrogen-bond acceptors (Lipinski definition) is 16. The lowest BCUT2D eigenvalue weighted by atomic mass is 9.93. The zero-order valence-corrected chi connectivity index (χ0v) is 91.0. The van der Waals surface area contributed by atoms with Gasteiger partial charge in [-0.3, -0.25) is 33.5 Å². The van der Waals surface area contributed by atoms with Gasteiger partial charge in [0.05, 0.1) is 92.8 Å². The van der Waals surface area contributed by atoms with Gasteiger partial charge in [0.15, 0.2) is 44.1 Å². The highest BCUT2D eigenvalue weighted by Crippen LogP contribution is 2.37. The summed E-state index contributed by atoms with van der Waals surface area (Å²) < 4.78 is 55.6. The van der Waals surface area contributed by atoms with Crippen LogP contribution in [-0.4, -0.2) is 225 Å². The molecule has 0 spiro atoms. The van der Waals surface area contributed by atoms with E-state index in [1.807, 2.05) is 133 Å². The first-order valence-electron chi connectivity index (χ1n) is 50.4. The number of unbranched alkanes of at least 4 members (excludes halogenated alkanes) is 6. The molecule has 32 nitrogen and oxygen atoms in total. The van der Waals surface area contributed by atoms with E-state index in [4.69, 9.17) is 50.1 Å². The number of anilines is 3. The van der Waals surface area contributed by atoms with Gasteiger partial charge in [0, 0.05) is 116 Å². The fourth-order valence-electron chi connectivity index (χ4n) is 18.3. The number of hydrogen-bond donors (Lipinski definition) is 6. The monoisotopic (exact) mass is 2160 g/mol. The molecule has 0 saturated carbocycles. The van der Waals surface area contributed by atoms with E-state index in [-0.39, 0.29) is 71.7 Å². The summed E-state index contributed by atoms with van der Waals surface area (Å²) in [7, 11) is -3.25. The van der Waals surface area contributed by atoms with Crippen LogP contribution in [0.3, 0.4) is 0 Å². The quantitative estimate of drug-likeness (QED) is 0.0208. The molecule has 0 fully saturated rings. The third-order valence-corrected chi connectivity index (χ3v) is 30.7. The van der Waals surface area contributed by atoms with E-state index in [1.54, 1.807) is 168 Å². The molecule has 0 aliphatic carbocycles. The van der Waals surface area contributed by atoms with Crippen LogP contribution in [0.15, 0.2) is 240 Å². The van der Waals surface area contributed by atoms with Gasteiger partial charge in [-0.05, 0) is 238 Å². The van der Waals surface area contributed by atoms with Crippen molar-refractivity contribution in [2.75, 3.05) is 73.3 Å². The molecular weight excluding hydrogens is 2030 g/mol. The molecule has 0 saturated heterocycles. The molecule has 3 aliphatic rings. The number of imidazole rings is 1. The number of rotatable bonds is 40. The molecule has 7 heterocycles. The highest BCUT2D eigenvalue weighted by atomic mass is 35.5. The number of aromatic nitrogens is 8. The summed E-state index contributed by atoms with van der Waals surface area (Å²) in [5, 5.41) is 47.2. The number of nitrogens with one attached hydrogen (secondary N) is 3. The SMILES string of the molecule is CCCCN(CCCC)C(=O)c1cc(C)n(-c2ccc(NS(=O)c3ccc(-c4cc(Cl)cc(Cl)c4)cc3)cc2C(=O)N2Cc3ccccc3C[C@H]2CO)n1.CCCCN(CCCC)C(=O)c1cc(C)n(-c2ccc(NS(=O)c3ccccc3Cl)cc2C(=O)N2Cc3ccccc3C[C@H]2CO)n1.CCCCN(CCCC)C(=O)c1cc(C)n(-c2ccc(NS(=O)c3cn(C)cn3)cc2C(=O)N2Cc3ccccc3C[C@H]2CO)n1.O.O.O. The molecule has 4 aromatic heterocycles. The van der Waals surface area contributed by atoms with Crippen LogP contribution in [0.5, 0.6) is 0 Å². The van der Waals surface area contributed by atoms with Crippen molar-refractivity contribution < 1.29 is 73.1 Å². The van der Waals surface area contributed by atoms with Crippen molar-refractivity contribution in [3.8, 4) is 28.2 Å². The fourth-order valence-corrected chi connectivity index (χ4v) is 21.8. The number of aryl methyl sites for hydroxylation is 4. The molecule has 798 valence electrons. The van der Waals surface area contributed by atoms with E-state index in [0.29, 0.717) is 193 Å². The lowest BCUT2D eigenvalue weighted by Crippen LogP contribution is -2.46. The number of carbonyl (C=O) groups excluding carboxylic acids is 6. The molecule has 3 aliphatic heterocycles. The third kappa shape index (κ3) is 28.7. The molecule has 6 amide bonds. The standard InChI is InChI=1S/C42H45Cl2N5O4S.C36H42ClN5O4S.C34H43N7O4S.3H2O/c1-4-6-18-47(19-7-5-2)42(52)39-20-28(3)49(45-39)40-17-14-35(25-38(40)41(51)48-26-31-11-9-8-10-30(31)23-36(48)27-50)46-54(53)37-15-12-29(13-16-37)32-21-33(43)24-34(44)22-32;1-4-6-18-40(19-7-5-2)36(45)32-20-25(3)42(38-32)33-17-16-28(39-47(46)34-15-11-10-14-31(34)37)22-30(33)35(44)41-23-27-13-9-8-12-26(27)21-29(41)24-43;1-5-7-15-39(16-8-6-2)34(44)30-17-24(3)41(36-30)31-14-13-27(37-46(45)32-21-38(4)23-35-32)19-29(31)33(43)40-20-26-12-10-9-11-25(26)18-28(40)22-42;;;/h8-17,20-22,24-25,36,46,50H,4-7,18-19,23,26-27H2,1-3H3;8-17,20,22,29,39,43H,4-7,18-19,21,23-24H2,1-3H3;9-14,17,19,21,23,28,37,42H,5-8,15-16,18,20,22H2,1-4H3;3*1H2/t36-,54?;29-,47?;28-,46?;;;/m000.../s1. The Bertz CT molecular complexity index is 6870. The van der Waals surface area contributed by atoms with Crippen LogP contribution < -0.4 is 14.2 Å². The zero-order chi connectivity index (χ0) is 105. The second kappa shape index (κ2) is 55.8. The summed E-state index contributed by atoms with van der Waals surface area (Å²) in [4.78, 5) is 100. The molecule has 12 N–H and O–H groups in total. The zero-order valence-electron chi connectivity index (χ0n) is 86.3. The van der Waals surface area contributed by atoms with Crippen molar-refractivity contribution in [1.82, 2.24) is 68.3 Å². The Balaban J connectivity index is 0.000000212. The van der Waals surface area contributed by atoms with Crippen LogP contribution >= 0.6 is 34.8 Å². The molecule has 38 heteroatoms. The van der Waals surface area contributed by atoms with Crippen LogP contribution in [-0.2, 0) is 78.9 Å². The van der Waals surface area contributed by atoms with E-state index >= 15 is 0 Å². The first-order valence-corrected chi connectivity index (χ1v) is 55.0. The van der Waals surface area contributed by atoms with Crippen LogP contribution in [0, 0.1) is 20.8 Å². The molecule has 6 atom stereocenters. The van der Waals surface area contributed by atoms with E-state index in [1.165, 1.54) is 0 Å². The van der Waals surface area contributed by atoms with E-state index in [9.17, 15) is 56.7 Å². The van der Waals surface area contributed by atoms with Crippen molar-refractivity contribution in [2.45, 2.75) is 211 Å². The van der Waals surface area contributed by atoms with Crippen LogP contribution in [0.25, 0.3) is 28.2 Å². The normalized spacial score (nSPS) is 14.4. The average Bonchev–Trinajstić information content (AvgIpc) is 1.53. The minimum atomic E-state index is -1.70. The summed E-state index contributed by atoms with van der Waals surface area (Å²) in [6.07, 6.45) is 16.1.